The van der Waals surface area contributed by atoms with Gasteiger partial charge in [0.05, 0.1) is 11.1 Å². The number of nitrogens with one attached hydrogen (secondary N) is 2. The van der Waals surface area contributed by atoms with Crippen molar-refractivity contribution in [3.05, 3.63) is 47.5 Å². The lowest BCUT2D eigenvalue weighted by atomic mass is 10.1. The monoisotopic (exact) mass is 364 g/mol. The number of amides is 2. The number of carbonyl (C=O) groups excluding carboxylic acids is 2. The molecule has 0 aromatic heterocycles. The first-order valence-corrected chi connectivity index (χ1v) is 7.89. The van der Waals surface area contributed by atoms with Crippen molar-refractivity contribution in [2.75, 3.05) is 13.1 Å². The van der Waals surface area contributed by atoms with Crippen LogP contribution in [0.3, 0.4) is 0 Å². The maximum absolute atomic E-state index is 12.1. The smallest absolute Gasteiger partial charge is 0.255 e. The van der Waals surface area contributed by atoms with Crippen LogP contribution in [0.2, 0.25) is 0 Å². The normalized spacial score (nSPS) is 10.2. The third-order valence-corrected chi connectivity index (χ3v) is 4.25. The fourth-order valence-electron chi connectivity index (χ4n) is 1.97. The standard InChI is InChI=1S/C16H16N2O4S2/c19-11-5-1-3-9(13(11)20)15(21)17-7-8-18-16(22)10-4-2-6-12(23)14(10)24/h1-6,19-20,23-24H,7-8H2,(H,17,21)(H,18,22). The molecule has 0 fully saturated rings. The van der Waals surface area contributed by atoms with Gasteiger partial charge in [-0.3, -0.25) is 9.59 Å². The van der Waals surface area contributed by atoms with Gasteiger partial charge in [-0.05, 0) is 24.3 Å². The maximum Gasteiger partial charge on any atom is 0.255 e. The summed E-state index contributed by atoms with van der Waals surface area (Å²) >= 11 is 8.44. The van der Waals surface area contributed by atoms with E-state index >= 15 is 0 Å². The van der Waals surface area contributed by atoms with Gasteiger partial charge in [0.25, 0.3) is 11.8 Å². The van der Waals surface area contributed by atoms with Crippen molar-refractivity contribution in [2.45, 2.75) is 9.79 Å². The minimum absolute atomic E-state index is 0.0400. The fourth-order valence-corrected chi connectivity index (χ4v) is 2.43. The molecule has 0 aliphatic carbocycles. The van der Waals surface area contributed by atoms with Gasteiger partial charge in [-0.2, -0.15) is 0 Å². The average Bonchev–Trinajstić information content (AvgIpc) is 2.56. The van der Waals surface area contributed by atoms with Crippen LogP contribution in [0.5, 0.6) is 11.5 Å². The third-order valence-electron chi connectivity index (χ3n) is 3.21. The van der Waals surface area contributed by atoms with E-state index in [1.54, 1.807) is 18.2 Å². The second-order valence-electron chi connectivity index (χ2n) is 4.86. The molecule has 0 spiro atoms. The SMILES string of the molecule is O=C(NCCNC(=O)c1cccc(S)c1S)c1cccc(O)c1O. The van der Waals surface area contributed by atoms with Gasteiger partial charge in [0.15, 0.2) is 11.5 Å². The molecular weight excluding hydrogens is 348 g/mol. The van der Waals surface area contributed by atoms with Crippen LogP contribution in [-0.4, -0.2) is 35.1 Å². The highest BCUT2D eigenvalue weighted by atomic mass is 32.1. The molecule has 2 aromatic rings. The molecule has 0 atom stereocenters. The molecule has 0 aliphatic heterocycles. The van der Waals surface area contributed by atoms with Gasteiger partial charge in [-0.15, -0.1) is 25.3 Å². The Morgan fingerprint density at radius 3 is 2.08 bits per heavy atom. The topological polar surface area (TPSA) is 98.7 Å². The van der Waals surface area contributed by atoms with Crippen LogP contribution >= 0.6 is 25.3 Å². The zero-order chi connectivity index (χ0) is 17.7. The van der Waals surface area contributed by atoms with Gasteiger partial charge in [-0.25, -0.2) is 0 Å². The molecule has 0 heterocycles. The number of aromatic hydroxyl groups is 2. The number of para-hydroxylation sites is 1. The van der Waals surface area contributed by atoms with Crippen LogP contribution in [0, 0.1) is 0 Å². The van der Waals surface area contributed by atoms with E-state index in [4.69, 9.17) is 0 Å². The molecule has 0 bridgehead atoms. The van der Waals surface area contributed by atoms with Crippen LogP contribution < -0.4 is 10.6 Å². The van der Waals surface area contributed by atoms with Gasteiger partial charge in [0, 0.05) is 22.9 Å². The number of benzene rings is 2. The first-order valence-electron chi connectivity index (χ1n) is 7.00. The van der Waals surface area contributed by atoms with Gasteiger partial charge >= 0.3 is 0 Å². The molecule has 4 N–H and O–H groups in total. The summed E-state index contributed by atoms with van der Waals surface area (Å²) in [7, 11) is 0. The highest BCUT2D eigenvalue weighted by molar-refractivity contribution is 7.83. The molecule has 0 aliphatic rings. The first kappa shape index (κ1) is 18.0. The predicted octanol–water partition coefficient (Wildman–Crippen LogP) is 1.84. The predicted molar refractivity (Wildman–Crippen MR) is 95.4 cm³/mol. The minimum Gasteiger partial charge on any atom is -0.504 e. The highest BCUT2D eigenvalue weighted by Crippen LogP contribution is 2.27. The molecular formula is C16H16N2O4S2. The number of phenolic OH excluding ortho intramolecular Hbond substituents is 2. The number of phenols is 2. The Morgan fingerprint density at radius 1 is 0.875 bits per heavy atom. The third kappa shape index (κ3) is 4.15. The van der Waals surface area contributed by atoms with E-state index in [0.717, 1.165) is 0 Å². The van der Waals surface area contributed by atoms with Crippen molar-refractivity contribution in [1.82, 2.24) is 10.6 Å². The van der Waals surface area contributed by atoms with Gasteiger partial charge in [0.1, 0.15) is 0 Å². The molecule has 0 radical (unpaired) electrons. The van der Waals surface area contributed by atoms with Crippen LogP contribution in [0.25, 0.3) is 0 Å². The molecule has 8 heteroatoms. The Hall–Kier alpha value is -2.32. The van der Waals surface area contributed by atoms with E-state index in [-0.39, 0.29) is 30.3 Å². The molecule has 0 unspecified atom stereocenters. The van der Waals surface area contributed by atoms with E-state index < -0.39 is 11.7 Å². The van der Waals surface area contributed by atoms with Gasteiger partial charge < -0.3 is 20.8 Å². The molecule has 0 saturated carbocycles. The lowest BCUT2D eigenvalue weighted by Crippen LogP contribution is -2.34. The second kappa shape index (κ2) is 7.98. The van der Waals surface area contributed by atoms with Crippen molar-refractivity contribution >= 4 is 37.1 Å². The van der Waals surface area contributed by atoms with Crippen molar-refractivity contribution < 1.29 is 19.8 Å². The van der Waals surface area contributed by atoms with Gasteiger partial charge in [0.2, 0.25) is 0 Å². The molecule has 2 amide bonds. The summed E-state index contributed by atoms with van der Waals surface area (Å²) in [5.74, 6) is -1.73. The maximum atomic E-state index is 12.1. The largest absolute Gasteiger partial charge is 0.504 e. The van der Waals surface area contributed by atoms with Crippen molar-refractivity contribution in [1.29, 1.82) is 0 Å². The minimum atomic E-state index is -0.551. The summed E-state index contributed by atoms with van der Waals surface area (Å²) in [6, 6.07) is 9.16. The van der Waals surface area contributed by atoms with Crippen LogP contribution in [0.1, 0.15) is 20.7 Å². The lowest BCUT2D eigenvalue weighted by molar-refractivity contribution is 0.0924. The highest BCUT2D eigenvalue weighted by Gasteiger charge is 2.14. The number of rotatable bonds is 5. The Bertz CT molecular complexity index is 715. The lowest BCUT2D eigenvalue weighted by Gasteiger charge is -2.10. The molecule has 2 rings (SSSR count). The summed E-state index contributed by atoms with van der Waals surface area (Å²) in [5, 5.41) is 24.2. The summed E-state index contributed by atoms with van der Waals surface area (Å²) < 4.78 is 0. The first-order chi connectivity index (χ1) is 11.4. The van der Waals surface area contributed by atoms with Crippen molar-refractivity contribution in [3.63, 3.8) is 0 Å². The van der Waals surface area contributed by atoms with Crippen molar-refractivity contribution in [2.24, 2.45) is 0 Å². The van der Waals surface area contributed by atoms with E-state index in [1.165, 1.54) is 18.2 Å². The van der Waals surface area contributed by atoms with Crippen molar-refractivity contribution in [3.8, 4) is 11.5 Å². The zero-order valence-electron chi connectivity index (χ0n) is 12.5. The fraction of sp³-hybridized carbons (Fsp3) is 0.125. The summed E-state index contributed by atoms with van der Waals surface area (Å²) in [6.45, 7) is 0.344. The molecule has 24 heavy (non-hydrogen) atoms. The average molecular weight is 364 g/mol. The zero-order valence-corrected chi connectivity index (χ0v) is 14.3. The Labute approximate surface area is 149 Å². The molecule has 0 saturated heterocycles. The van der Waals surface area contributed by atoms with Gasteiger partial charge in [-0.1, -0.05) is 12.1 Å². The van der Waals surface area contributed by atoms with E-state index in [2.05, 4.69) is 35.9 Å². The Kier molecular flexibility index (Phi) is 5.99. The summed E-state index contributed by atoms with van der Waals surface area (Å²) in [5.41, 5.74) is 0.351. The quantitative estimate of drug-likeness (QED) is 0.277. The Morgan fingerprint density at radius 2 is 1.42 bits per heavy atom. The number of hydrogen-bond donors (Lipinski definition) is 6. The molecule has 126 valence electrons. The summed E-state index contributed by atoms with van der Waals surface area (Å²) in [4.78, 5) is 25.0. The van der Waals surface area contributed by atoms with E-state index in [9.17, 15) is 19.8 Å². The van der Waals surface area contributed by atoms with E-state index in [0.29, 0.717) is 15.4 Å². The number of thiol groups is 2. The summed E-state index contributed by atoms with van der Waals surface area (Å²) in [6.07, 6.45) is 0. The number of hydrogen-bond acceptors (Lipinski definition) is 6. The van der Waals surface area contributed by atoms with Crippen LogP contribution in [0.4, 0.5) is 0 Å². The Balaban J connectivity index is 1.86. The van der Waals surface area contributed by atoms with Crippen LogP contribution in [0.15, 0.2) is 46.2 Å². The van der Waals surface area contributed by atoms with Crippen LogP contribution in [-0.2, 0) is 0 Å². The second-order valence-corrected chi connectivity index (χ2v) is 5.79. The number of carbonyl (C=O) groups is 2. The molecule has 6 nitrogen and oxygen atoms in total. The molecule has 2 aromatic carbocycles. The van der Waals surface area contributed by atoms with E-state index in [1.807, 2.05) is 0 Å².